The predicted octanol–water partition coefficient (Wildman–Crippen LogP) is 5.27. The third-order valence-electron chi connectivity index (χ3n) is 9.20. The number of aromatic amines is 1. The molecular weight excluding hydrogens is 645 g/mol. The molecule has 256 valence electrons. The van der Waals surface area contributed by atoms with Crippen LogP contribution < -0.4 is 5.32 Å². The number of benzene rings is 1. The first-order chi connectivity index (χ1) is 23.4. The van der Waals surface area contributed by atoms with Gasteiger partial charge in [0.25, 0.3) is 0 Å². The lowest BCUT2D eigenvalue weighted by Gasteiger charge is -2.32. The number of hydrogen-bond acceptors (Lipinski definition) is 7. The van der Waals surface area contributed by atoms with E-state index in [4.69, 9.17) is 0 Å². The zero-order valence-corrected chi connectivity index (χ0v) is 26.9. The van der Waals surface area contributed by atoms with Gasteiger partial charge in [-0.1, -0.05) is 0 Å². The Morgan fingerprint density at radius 2 is 1.73 bits per heavy atom. The van der Waals surface area contributed by atoms with Crippen LogP contribution in [0.5, 0.6) is 0 Å². The average molecular weight is 680 g/mol. The molecule has 0 atom stereocenters. The van der Waals surface area contributed by atoms with Crippen molar-refractivity contribution in [3.63, 3.8) is 0 Å². The predicted molar refractivity (Wildman–Crippen MR) is 173 cm³/mol. The van der Waals surface area contributed by atoms with Crippen LogP contribution in [0.15, 0.2) is 49.1 Å². The van der Waals surface area contributed by atoms with E-state index in [9.17, 15) is 18.0 Å². The van der Waals surface area contributed by atoms with Crippen LogP contribution in [0.2, 0.25) is 0 Å². The van der Waals surface area contributed by atoms with E-state index < -0.39 is 23.4 Å². The number of hydrogen-bond donors (Lipinski definition) is 2. The number of amides is 1. The number of aromatic nitrogens is 5. The number of fused-ring (bicyclic) bond motifs is 2. The Hall–Kier alpha value is -4.89. The van der Waals surface area contributed by atoms with Crippen molar-refractivity contribution in [1.82, 2.24) is 39.4 Å². The van der Waals surface area contributed by atoms with Crippen molar-refractivity contribution >= 4 is 28.3 Å². The summed E-state index contributed by atoms with van der Waals surface area (Å²) in [5, 5.41) is 7.46. The fourth-order valence-electron chi connectivity index (χ4n) is 6.42. The maximum Gasteiger partial charge on any atom is 0.418 e. The molecule has 2 aliphatic rings. The van der Waals surface area contributed by atoms with E-state index in [2.05, 4.69) is 30.3 Å². The van der Waals surface area contributed by atoms with E-state index in [1.807, 2.05) is 11.9 Å². The van der Waals surface area contributed by atoms with E-state index in [0.29, 0.717) is 47.4 Å². The molecule has 4 aromatic heterocycles. The number of aryl methyl sites for hydroxylation is 1. The number of H-pyrrole nitrogens is 1. The summed E-state index contributed by atoms with van der Waals surface area (Å²) in [5.41, 5.74) is 2.49. The highest BCUT2D eigenvalue weighted by Crippen LogP contribution is 2.35. The van der Waals surface area contributed by atoms with Gasteiger partial charge in [-0.2, -0.15) is 18.3 Å². The van der Waals surface area contributed by atoms with E-state index in [1.165, 1.54) is 17.2 Å². The smallest absolute Gasteiger partial charge is 0.350 e. The number of carbonyl (C=O) groups is 1. The van der Waals surface area contributed by atoms with Gasteiger partial charge >= 0.3 is 6.18 Å². The van der Waals surface area contributed by atoms with Gasteiger partial charge in [0.1, 0.15) is 11.5 Å². The summed E-state index contributed by atoms with van der Waals surface area (Å²) in [4.78, 5) is 30.4. The Morgan fingerprint density at radius 3 is 2.47 bits per heavy atom. The molecule has 15 heteroatoms. The second-order valence-electron chi connectivity index (χ2n) is 12.7. The number of piperazine rings is 1. The number of halogens is 5. The second kappa shape index (κ2) is 12.9. The number of nitrogens with zero attached hydrogens (tertiary/aromatic N) is 7. The monoisotopic (exact) mass is 679 g/mol. The zero-order valence-electron chi connectivity index (χ0n) is 26.9. The maximum absolute atomic E-state index is 15.3. The van der Waals surface area contributed by atoms with Crippen LogP contribution >= 0.6 is 0 Å². The summed E-state index contributed by atoms with van der Waals surface area (Å²) in [7, 11) is 3.75. The molecule has 6 heterocycles. The fourth-order valence-corrected chi connectivity index (χ4v) is 6.42. The molecule has 2 aliphatic heterocycles. The standard InChI is InChI=1S/C34H34F5N9O/c1-45-5-7-47(8-6-45)19-30-25(34(37,38)39)9-20(14-40-30)10-31(49)48-4-3-21-11-26(35)29(12-22(21)18-48)43-32-24-13-28(23-15-42-46(2)17-23)44-33(24)41-16-27(32)36/h9,11-17H,3-8,10,18-19H2,1-2H3,(H2,41,43,44). The van der Waals surface area contributed by atoms with Gasteiger partial charge < -0.3 is 20.1 Å². The largest absolute Gasteiger partial charge is 0.418 e. The molecule has 0 spiro atoms. The van der Waals surface area contributed by atoms with E-state index in [0.717, 1.165) is 30.9 Å². The van der Waals surface area contributed by atoms with Crippen molar-refractivity contribution in [3.8, 4) is 11.3 Å². The van der Waals surface area contributed by atoms with Crippen LogP contribution in [-0.2, 0) is 43.9 Å². The van der Waals surface area contributed by atoms with Crippen molar-refractivity contribution in [2.24, 2.45) is 7.05 Å². The molecule has 5 aromatic rings. The lowest BCUT2D eigenvalue weighted by Crippen LogP contribution is -2.44. The molecule has 0 saturated carbocycles. The number of pyridine rings is 2. The van der Waals surface area contributed by atoms with Crippen molar-refractivity contribution in [2.75, 3.05) is 45.1 Å². The number of nitrogens with one attached hydrogen (secondary N) is 2. The molecule has 10 nitrogen and oxygen atoms in total. The van der Waals surface area contributed by atoms with Gasteiger partial charge in [-0.3, -0.25) is 19.4 Å². The van der Waals surface area contributed by atoms with Gasteiger partial charge in [0.15, 0.2) is 5.82 Å². The minimum absolute atomic E-state index is 0.0125. The number of likely N-dealkylation sites (N-methyl/N-ethyl adjacent to an activating group) is 1. The molecule has 7 rings (SSSR count). The van der Waals surface area contributed by atoms with Crippen LogP contribution in [0.3, 0.4) is 0 Å². The molecular formula is C34H34F5N9O. The lowest BCUT2D eigenvalue weighted by molar-refractivity contribution is -0.139. The average Bonchev–Trinajstić information content (AvgIpc) is 3.70. The van der Waals surface area contributed by atoms with Gasteiger partial charge in [-0.25, -0.2) is 13.8 Å². The van der Waals surface area contributed by atoms with Gasteiger partial charge in [0.2, 0.25) is 5.91 Å². The Morgan fingerprint density at radius 1 is 0.939 bits per heavy atom. The highest BCUT2D eigenvalue weighted by atomic mass is 19.4. The maximum atomic E-state index is 15.3. The summed E-state index contributed by atoms with van der Waals surface area (Å²) < 4.78 is 74.4. The summed E-state index contributed by atoms with van der Waals surface area (Å²) in [5.74, 6) is -1.64. The number of carbonyl (C=O) groups excluding carboxylic acids is 1. The summed E-state index contributed by atoms with van der Waals surface area (Å²) in [6, 6.07) is 5.64. The summed E-state index contributed by atoms with van der Waals surface area (Å²) >= 11 is 0. The quantitative estimate of drug-likeness (QED) is 0.226. The number of anilines is 2. The molecule has 2 N–H and O–H groups in total. The van der Waals surface area contributed by atoms with E-state index in [-0.39, 0.29) is 54.6 Å². The van der Waals surface area contributed by atoms with Crippen molar-refractivity contribution in [3.05, 3.63) is 88.6 Å². The summed E-state index contributed by atoms with van der Waals surface area (Å²) in [6.07, 6.45) is 1.31. The van der Waals surface area contributed by atoms with Crippen LogP contribution in [-0.4, -0.2) is 85.1 Å². The van der Waals surface area contributed by atoms with Crippen LogP contribution in [0.1, 0.15) is 27.9 Å². The minimum atomic E-state index is -4.62. The molecule has 0 radical (unpaired) electrons. The highest BCUT2D eigenvalue weighted by Gasteiger charge is 2.35. The first-order valence-corrected chi connectivity index (χ1v) is 15.9. The van der Waals surface area contributed by atoms with Crippen LogP contribution in [0, 0.1) is 11.6 Å². The topological polar surface area (TPSA) is 98.2 Å². The van der Waals surface area contributed by atoms with Crippen LogP contribution in [0.25, 0.3) is 22.3 Å². The zero-order chi connectivity index (χ0) is 34.4. The SMILES string of the molecule is CN1CCN(Cc2ncc(CC(=O)N3CCc4cc(F)c(Nc5c(F)cnc6[nH]c(-c7cnn(C)c7)cc56)cc4C3)cc2C(F)(F)F)CC1. The Bertz CT molecular complexity index is 2030. The normalized spacial score (nSPS) is 15.9. The van der Waals surface area contributed by atoms with Gasteiger partial charge in [-0.15, -0.1) is 0 Å². The number of rotatable bonds is 7. The van der Waals surface area contributed by atoms with Crippen LogP contribution in [0.4, 0.5) is 33.3 Å². The van der Waals surface area contributed by atoms with Gasteiger partial charge in [0.05, 0.1) is 47.1 Å². The molecule has 49 heavy (non-hydrogen) atoms. The third kappa shape index (κ3) is 6.85. The van der Waals surface area contributed by atoms with E-state index >= 15 is 8.78 Å². The fraction of sp³-hybridized carbons (Fsp3) is 0.353. The molecule has 1 fully saturated rings. The third-order valence-corrected chi connectivity index (χ3v) is 9.20. The second-order valence-corrected chi connectivity index (χ2v) is 12.7. The minimum Gasteiger partial charge on any atom is -0.350 e. The van der Waals surface area contributed by atoms with Crippen molar-refractivity contribution in [2.45, 2.75) is 32.1 Å². The van der Waals surface area contributed by atoms with Gasteiger partial charge in [-0.05, 0) is 54.4 Å². The Kier molecular flexibility index (Phi) is 8.57. The molecule has 1 saturated heterocycles. The lowest BCUT2D eigenvalue weighted by atomic mass is 9.97. The first kappa shape index (κ1) is 32.6. The van der Waals surface area contributed by atoms with Crippen molar-refractivity contribution < 1.29 is 26.7 Å². The summed E-state index contributed by atoms with van der Waals surface area (Å²) in [6.45, 7) is 3.30. The first-order valence-electron chi connectivity index (χ1n) is 15.9. The molecule has 0 unspecified atom stereocenters. The molecule has 0 aliphatic carbocycles. The molecule has 0 bridgehead atoms. The Balaban J connectivity index is 1.08. The Labute approximate surface area is 278 Å². The highest BCUT2D eigenvalue weighted by molar-refractivity contribution is 5.95. The van der Waals surface area contributed by atoms with Crippen molar-refractivity contribution in [1.29, 1.82) is 0 Å². The molecule has 1 amide bonds. The van der Waals surface area contributed by atoms with Gasteiger partial charge in [0, 0.05) is 76.2 Å². The van der Waals surface area contributed by atoms with E-state index in [1.54, 1.807) is 36.3 Å². The molecule has 1 aromatic carbocycles. The number of alkyl halides is 3.